The van der Waals surface area contributed by atoms with E-state index in [0.29, 0.717) is 0 Å². The number of halogens is 2. The number of hydrogen-bond acceptors (Lipinski definition) is 3. The highest BCUT2D eigenvalue weighted by Crippen LogP contribution is 2.29. The number of aryl methyl sites for hydroxylation is 2. The molecule has 0 amide bonds. The van der Waals surface area contributed by atoms with E-state index in [4.69, 9.17) is 16.1 Å². The van der Waals surface area contributed by atoms with Crippen LogP contribution in [0.25, 0.3) is 0 Å². The molecule has 0 aliphatic carbocycles. The van der Waals surface area contributed by atoms with Crippen molar-refractivity contribution in [3.8, 4) is 0 Å². The van der Waals surface area contributed by atoms with E-state index >= 15 is 0 Å². The number of aromatic nitrogens is 1. The molecule has 20 heavy (non-hydrogen) atoms. The molecule has 108 valence electrons. The summed E-state index contributed by atoms with van der Waals surface area (Å²) < 4.78 is 6.20. The Morgan fingerprint density at radius 3 is 2.50 bits per heavy atom. The van der Waals surface area contributed by atoms with E-state index in [1.807, 2.05) is 32.0 Å². The molecule has 1 aromatic heterocycles. The summed E-state index contributed by atoms with van der Waals surface area (Å²) in [6, 6.07) is 6.23. The van der Waals surface area contributed by atoms with Gasteiger partial charge in [-0.2, -0.15) is 0 Å². The summed E-state index contributed by atoms with van der Waals surface area (Å²) in [4.78, 5) is 0. The Hall–Kier alpha value is -0.840. The molecule has 5 heteroatoms. The maximum absolute atomic E-state index is 6.29. The summed E-state index contributed by atoms with van der Waals surface area (Å²) in [6.07, 6.45) is 0. The van der Waals surface area contributed by atoms with Gasteiger partial charge in [-0.15, -0.1) is 0 Å². The molecule has 0 spiro atoms. The molecule has 2 unspecified atom stereocenters. The first-order chi connectivity index (χ1) is 9.40. The molecular formula is C15H18BrClN2O. The van der Waals surface area contributed by atoms with Gasteiger partial charge in [-0.25, -0.2) is 0 Å². The third-order valence-corrected chi connectivity index (χ3v) is 4.27. The van der Waals surface area contributed by atoms with Crippen molar-refractivity contribution in [2.45, 2.75) is 39.8 Å². The molecule has 0 saturated carbocycles. The van der Waals surface area contributed by atoms with Gasteiger partial charge in [0.1, 0.15) is 5.76 Å². The molecule has 3 nitrogen and oxygen atoms in total. The molecule has 1 heterocycles. The van der Waals surface area contributed by atoms with Crippen molar-refractivity contribution >= 4 is 27.5 Å². The first-order valence-corrected chi connectivity index (χ1v) is 7.71. The Morgan fingerprint density at radius 1 is 1.25 bits per heavy atom. The zero-order valence-electron chi connectivity index (χ0n) is 12.0. The standard InChI is InChI=1S/C15H18BrClN2O/c1-8(13-6-5-12(16)7-14(13)17)18-9(2)15-10(3)19-20-11(15)4/h5-9,18H,1-4H3. The predicted molar refractivity (Wildman–Crippen MR) is 85.1 cm³/mol. The van der Waals surface area contributed by atoms with Gasteiger partial charge in [0.05, 0.1) is 5.69 Å². The van der Waals surface area contributed by atoms with Crippen molar-refractivity contribution in [1.82, 2.24) is 10.5 Å². The van der Waals surface area contributed by atoms with Crippen molar-refractivity contribution in [2.24, 2.45) is 0 Å². The first-order valence-electron chi connectivity index (χ1n) is 6.54. The lowest BCUT2D eigenvalue weighted by atomic mass is 10.0. The van der Waals surface area contributed by atoms with Crippen LogP contribution in [0.3, 0.4) is 0 Å². The quantitative estimate of drug-likeness (QED) is 0.825. The van der Waals surface area contributed by atoms with Crippen LogP contribution >= 0.6 is 27.5 Å². The molecule has 1 N–H and O–H groups in total. The van der Waals surface area contributed by atoms with Crippen molar-refractivity contribution in [3.05, 3.63) is 50.3 Å². The summed E-state index contributed by atoms with van der Waals surface area (Å²) in [5, 5.41) is 8.29. The van der Waals surface area contributed by atoms with Crippen LogP contribution in [0.1, 0.15) is 48.5 Å². The Bertz CT molecular complexity index is 592. The van der Waals surface area contributed by atoms with Crippen LogP contribution in [-0.4, -0.2) is 5.16 Å². The molecule has 2 atom stereocenters. The topological polar surface area (TPSA) is 38.1 Å². The Labute approximate surface area is 132 Å². The zero-order valence-corrected chi connectivity index (χ0v) is 14.3. The van der Waals surface area contributed by atoms with Gasteiger partial charge in [0, 0.05) is 27.1 Å². The Morgan fingerprint density at radius 2 is 1.95 bits per heavy atom. The highest BCUT2D eigenvalue weighted by atomic mass is 79.9. The molecule has 0 aliphatic heterocycles. The van der Waals surface area contributed by atoms with E-state index in [1.54, 1.807) is 0 Å². The molecule has 0 aliphatic rings. The maximum Gasteiger partial charge on any atom is 0.138 e. The van der Waals surface area contributed by atoms with Crippen LogP contribution in [0, 0.1) is 13.8 Å². The lowest BCUT2D eigenvalue weighted by Crippen LogP contribution is -2.23. The van der Waals surface area contributed by atoms with Crippen molar-refractivity contribution < 1.29 is 4.52 Å². The van der Waals surface area contributed by atoms with E-state index in [9.17, 15) is 0 Å². The summed E-state index contributed by atoms with van der Waals surface area (Å²) in [5.41, 5.74) is 3.12. The van der Waals surface area contributed by atoms with Gasteiger partial charge in [-0.3, -0.25) is 0 Å². The van der Waals surface area contributed by atoms with Crippen molar-refractivity contribution in [2.75, 3.05) is 0 Å². The molecular weight excluding hydrogens is 340 g/mol. The van der Waals surface area contributed by atoms with Crippen LogP contribution in [0.15, 0.2) is 27.2 Å². The van der Waals surface area contributed by atoms with E-state index < -0.39 is 0 Å². The monoisotopic (exact) mass is 356 g/mol. The number of rotatable bonds is 4. The highest BCUT2D eigenvalue weighted by molar-refractivity contribution is 9.10. The van der Waals surface area contributed by atoms with Crippen LogP contribution in [0.2, 0.25) is 5.02 Å². The molecule has 2 rings (SSSR count). The van der Waals surface area contributed by atoms with E-state index in [1.165, 1.54) is 0 Å². The molecule has 2 aromatic rings. The summed E-state index contributed by atoms with van der Waals surface area (Å²) in [6.45, 7) is 8.10. The van der Waals surface area contributed by atoms with E-state index in [-0.39, 0.29) is 12.1 Å². The van der Waals surface area contributed by atoms with Gasteiger partial charge < -0.3 is 9.84 Å². The lowest BCUT2D eigenvalue weighted by Gasteiger charge is -2.21. The van der Waals surface area contributed by atoms with Gasteiger partial charge in [0.2, 0.25) is 0 Å². The van der Waals surface area contributed by atoms with E-state index in [2.05, 4.69) is 40.3 Å². The van der Waals surface area contributed by atoms with Crippen molar-refractivity contribution in [3.63, 3.8) is 0 Å². The average molecular weight is 358 g/mol. The third kappa shape index (κ3) is 3.25. The van der Waals surface area contributed by atoms with E-state index in [0.717, 1.165) is 32.1 Å². The number of hydrogen-bond donors (Lipinski definition) is 1. The summed E-state index contributed by atoms with van der Waals surface area (Å²) in [7, 11) is 0. The van der Waals surface area contributed by atoms with Gasteiger partial charge in [0.15, 0.2) is 0 Å². The van der Waals surface area contributed by atoms with Gasteiger partial charge in [0.25, 0.3) is 0 Å². The fourth-order valence-electron chi connectivity index (χ4n) is 2.51. The molecule has 0 saturated heterocycles. The minimum Gasteiger partial charge on any atom is -0.361 e. The normalized spacial score (nSPS) is 14.3. The molecule has 1 aromatic carbocycles. The summed E-state index contributed by atoms with van der Waals surface area (Å²) in [5.74, 6) is 0.858. The summed E-state index contributed by atoms with van der Waals surface area (Å²) >= 11 is 9.72. The first kappa shape index (κ1) is 15.5. The fourth-order valence-corrected chi connectivity index (χ4v) is 3.35. The molecule has 0 fully saturated rings. The average Bonchev–Trinajstić information content (AvgIpc) is 2.68. The fraction of sp³-hybridized carbons (Fsp3) is 0.400. The van der Waals surface area contributed by atoms with Crippen LogP contribution < -0.4 is 5.32 Å². The van der Waals surface area contributed by atoms with Crippen LogP contribution in [-0.2, 0) is 0 Å². The predicted octanol–water partition coefficient (Wildman–Crippen LogP) is 5.12. The van der Waals surface area contributed by atoms with Gasteiger partial charge in [-0.05, 0) is 45.4 Å². The second-order valence-corrected chi connectivity index (χ2v) is 6.34. The minimum absolute atomic E-state index is 0.138. The third-order valence-electron chi connectivity index (χ3n) is 3.45. The number of nitrogens with zero attached hydrogens (tertiary/aromatic N) is 1. The van der Waals surface area contributed by atoms with Crippen LogP contribution in [0.5, 0.6) is 0 Å². The van der Waals surface area contributed by atoms with Crippen molar-refractivity contribution in [1.29, 1.82) is 0 Å². The number of benzene rings is 1. The zero-order chi connectivity index (χ0) is 14.9. The highest BCUT2D eigenvalue weighted by Gasteiger charge is 2.19. The Balaban J connectivity index is 2.17. The van der Waals surface area contributed by atoms with Crippen LogP contribution in [0.4, 0.5) is 0 Å². The lowest BCUT2D eigenvalue weighted by molar-refractivity contribution is 0.389. The largest absolute Gasteiger partial charge is 0.361 e. The molecule has 0 bridgehead atoms. The second kappa shape index (κ2) is 6.29. The van der Waals surface area contributed by atoms with Gasteiger partial charge in [-0.1, -0.05) is 38.8 Å². The number of nitrogens with one attached hydrogen (secondary N) is 1. The van der Waals surface area contributed by atoms with Gasteiger partial charge >= 0.3 is 0 Å². The molecule has 0 radical (unpaired) electrons. The minimum atomic E-state index is 0.138. The second-order valence-electron chi connectivity index (χ2n) is 5.01. The SMILES string of the molecule is Cc1noc(C)c1C(C)NC(C)c1ccc(Br)cc1Cl. The Kier molecular flexibility index (Phi) is 4.89. The smallest absolute Gasteiger partial charge is 0.138 e. The maximum atomic E-state index is 6.29.